The third-order valence-corrected chi connectivity index (χ3v) is 4.97. The number of carbonyl (C=O) groups is 1. The molecule has 0 aliphatic carbocycles. The zero-order chi connectivity index (χ0) is 20.8. The molecule has 0 spiro atoms. The summed E-state index contributed by atoms with van der Waals surface area (Å²) in [6.45, 7) is 0.498. The Balaban J connectivity index is 1.69. The Morgan fingerprint density at radius 3 is 2.41 bits per heavy atom. The van der Waals surface area contributed by atoms with Crippen LogP contribution in [0.3, 0.4) is 0 Å². The molecule has 0 saturated carbocycles. The molecular weight excluding hydrogens is 438 g/mol. The van der Waals surface area contributed by atoms with E-state index in [4.69, 9.17) is 9.47 Å². The first kappa shape index (κ1) is 20.6. The number of aromatic nitrogens is 2. The van der Waals surface area contributed by atoms with Gasteiger partial charge in [-0.25, -0.2) is 4.68 Å². The van der Waals surface area contributed by atoms with Gasteiger partial charge in [0, 0.05) is 22.6 Å². The van der Waals surface area contributed by atoms with Crippen molar-refractivity contribution in [2.75, 3.05) is 20.8 Å². The highest BCUT2D eigenvalue weighted by Gasteiger charge is 2.11. The van der Waals surface area contributed by atoms with Crippen LogP contribution in [0.5, 0.6) is 11.5 Å². The molecule has 3 aromatic rings. The summed E-state index contributed by atoms with van der Waals surface area (Å²) in [6.07, 6.45) is 0. The molecule has 29 heavy (non-hydrogen) atoms. The van der Waals surface area contributed by atoms with E-state index in [0.717, 1.165) is 11.3 Å². The predicted molar refractivity (Wildman–Crippen MR) is 114 cm³/mol. The van der Waals surface area contributed by atoms with Crippen LogP contribution < -0.4 is 20.3 Å². The summed E-state index contributed by atoms with van der Waals surface area (Å²) >= 11 is 3.36. The average Bonchev–Trinajstić information content (AvgIpc) is 2.75. The van der Waals surface area contributed by atoms with E-state index in [1.165, 1.54) is 10.7 Å². The maximum absolute atomic E-state index is 12.4. The molecule has 0 atom stereocenters. The minimum absolute atomic E-state index is 0.237. The fourth-order valence-electron chi connectivity index (χ4n) is 2.70. The number of benzene rings is 2. The molecule has 2 aromatic carbocycles. The van der Waals surface area contributed by atoms with Gasteiger partial charge in [0.15, 0.2) is 0 Å². The van der Waals surface area contributed by atoms with Crippen molar-refractivity contribution in [3.8, 4) is 22.8 Å². The molecular formula is C21H20BrN3O4. The summed E-state index contributed by atoms with van der Waals surface area (Å²) in [7, 11) is 3.14. The molecule has 1 amide bonds. The topological polar surface area (TPSA) is 82.5 Å². The largest absolute Gasteiger partial charge is 0.497 e. The molecule has 1 N–H and O–H groups in total. The van der Waals surface area contributed by atoms with Crippen LogP contribution in [-0.4, -0.2) is 36.5 Å². The van der Waals surface area contributed by atoms with Crippen molar-refractivity contribution < 1.29 is 14.3 Å². The summed E-state index contributed by atoms with van der Waals surface area (Å²) < 4.78 is 12.3. The number of hydrogen-bond donors (Lipinski definition) is 1. The first-order valence-electron chi connectivity index (χ1n) is 8.86. The van der Waals surface area contributed by atoms with E-state index in [1.54, 1.807) is 38.5 Å². The molecule has 0 fully saturated rings. The van der Waals surface area contributed by atoms with Gasteiger partial charge in [-0.2, -0.15) is 5.10 Å². The van der Waals surface area contributed by atoms with Crippen LogP contribution in [0.2, 0.25) is 0 Å². The van der Waals surface area contributed by atoms with Gasteiger partial charge in [0.05, 0.1) is 32.0 Å². The summed E-state index contributed by atoms with van der Waals surface area (Å²) in [5.74, 6) is 1.06. The van der Waals surface area contributed by atoms with E-state index in [0.29, 0.717) is 21.5 Å². The van der Waals surface area contributed by atoms with Crippen LogP contribution >= 0.6 is 15.9 Å². The maximum Gasteiger partial charge on any atom is 0.266 e. The van der Waals surface area contributed by atoms with Gasteiger partial charge < -0.3 is 14.8 Å². The Kier molecular flexibility index (Phi) is 6.66. The molecule has 1 heterocycles. The van der Waals surface area contributed by atoms with Crippen molar-refractivity contribution in [3.63, 3.8) is 0 Å². The molecule has 0 unspecified atom stereocenters. The molecule has 0 aliphatic heterocycles. The van der Waals surface area contributed by atoms with E-state index in [2.05, 4.69) is 26.3 Å². The van der Waals surface area contributed by atoms with Gasteiger partial charge in [-0.3, -0.25) is 9.59 Å². The second kappa shape index (κ2) is 9.38. The second-order valence-corrected chi connectivity index (χ2v) is 6.96. The van der Waals surface area contributed by atoms with Crippen molar-refractivity contribution in [3.05, 3.63) is 75.0 Å². The summed E-state index contributed by atoms with van der Waals surface area (Å²) in [4.78, 5) is 24.6. The third-order valence-electron chi connectivity index (χ3n) is 4.28. The van der Waals surface area contributed by atoms with E-state index in [-0.39, 0.29) is 24.6 Å². The van der Waals surface area contributed by atoms with Crippen molar-refractivity contribution in [2.24, 2.45) is 0 Å². The summed E-state index contributed by atoms with van der Waals surface area (Å²) in [6, 6.07) is 15.7. The first-order valence-corrected chi connectivity index (χ1v) is 9.65. The molecule has 0 saturated heterocycles. The minimum atomic E-state index is -0.268. The van der Waals surface area contributed by atoms with Crippen LogP contribution in [0.1, 0.15) is 10.4 Å². The van der Waals surface area contributed by atoms with E-state index < -0.39 is 0 Å². The predicted octanol–water partition coefficient (Wildman–Crippen LogP) is 3.12. The smallest absolute Gasteiger partial charge is 0.266 e. The number of methoxy groups -OCH3 is 2. The number of hydrogen-bond acceptors (Lipinski definition) is 5. The van der Waals surface area contributed by atoms with Crippen LogP contribution in [0, 0.1) is 0 Å². The Bertz CT molecular complexity index is 1060. The van der Waals surface area contributed by atoms with E-state index >= 15 is 0 Å². The number of carbonyl (C=O) groups excluding carboxylic acids is 1. The lowest BCUT2D eigenvalue weighted by atomic mass is 10.1. The van der Waals surface area contributed by atoms with Crippen molar-refractivity contribution in [1.82, 2.24) is 15.1 Å². The fourth-order valence-corrected chi connectivity index (χ4v) is 3.13. The normalized spacial score (nSPS) is 10.4. The standard InChI is InChI=1S/C21H20BrN3O4/c1-28-15-5-3-14(4-6-15)19-9-10-20(26)25(24-19)12-11-23-21(27)17-13-16(29-2)7-8-18(17)22/h3-10,13H,11-12H2,1-2H3,(H,23,27). The highest BCUT2D eigenvalue weighted by molar-refractivity contribution is 9.10. The first-order chi connectivity index (χ1) is 14.0. The van der Waals surface area contributed by atoms with Crippen molar-refractivity contribution >= 4 is 21.8 Å². The van der Waals surface area contributed by atoms with Crippen molar-refractivity contribution in [1.29, 1.82) is 0 Å². The summed E-state index contributed by atoms with van der Waals surface area (Å²) in [5, 5.41) is 7.20. The molecule has 0 bridgehead atoms. The summed E-state index contributed by atoms with van der Waals surface area (Å²) in [5.41, 5.74) is 1.74. The van der Waals surface area contributed by atoms with Gasteiger partial charge in [-0.15, -0.1) is 0 Å². The maximum atomic E-state index is 12.4. The monoisotopic (exact) mass is 457 g/mol. The molecule has 0 aliphatic rings. The number of amides is 1. The Morgan fingerprint density at radius 1 is 1.03 bits per heavy atom. The van der Waals surface area contributed by atoms with Gasteiger partial charge in [-0.05, 0) is 64.5 Å². The Hall–Kier alpha value is -3.13. The minimum Gasteiger partial charge on any atom is -0.497 e. The second-order valence-electron chi connectivity index (χ2n) is 6.11. The van der Waals surface area contributed by atoms with Gasteiger partial charge in [-0.1, -0.05) is 0 Å². The lowest BCUT2D eigenvalue weighted by Gasteiger charge is -2.10. The van der Waals surface area contributed by atoms with E-state index in [9.17, 15) is 9.59 Å². The van der Waals surface area contributed by atoms with Crippen LogP contribution in [0.4, 0.5) is 0 Å². The average molecular weight is 458 g/mol. The number of nitrogens with zero attached hydrogens (tertiary/aromatic N) is 2. The lowest BCUT2D eigenvalue weighted by Crippen LogP contribution is -2.32. The molecule has 8 heteroatoms. The van der Waals surface area contributed by atoms with Crippen LogP contribution in [0.15, 0.2) is 63.9 Å². The van der Waals surface area contributed by atoms with E-state index in [1.807, 2.05) is 24.3 Å². The highest BCUT2D eigenvalue weighted by atomic mass is 79.9. The lowest BCUT2D eigenvalue weighted by molar-refractivity contribution is 0.0950. The molecule has 1 aromatic heterocycles. The van der Waals surface area contributed by atoms with Crippen LogP contribution in [0.25, 0.3) is 11.3 Å². The number of rotatable bonds is 7. The Morgan fingerprint density at radius 2 is 1.72 bits per heavy atom. The molecule has 7 nitrogen and oxygen atoms in total. The van der Waals surface area contributed by atoms with Gasteiger partial charge in [0.2, 0.25) is 0 Å². The Labute approximate surface area is 176 Å². The highest BCUT2D eigenvalue weighted by Crippen LogP contribution is 2.22. The SMILES string of the molecule is COc1ccc(-c2ccc(=O)n(CCNC(=O)c3cc(OC)ccc3Br)n2)cc1. The zero-order valence-electron chi connectivity index (χ0n) is 16.0. The van der Waals surface area contributed by atoms with Crippen LogP contribution in [-0.2, 0) is 6.54 Å². The third kappa shape index (κ3) is 5.03. The number of nitrogens with one attached hydrogen (secondary N) is 1. The fraction of sp³-hybridized carbons (Fsp3) is 0.190. The molecule has 0 radical (unpaired) electrons. The van der Waals surface area contributed by atoms with Gasteiger partial charge in [0.25, 0.3) is 11.5 Å². The number of halogens is 1. The molecule has 150 valence electrons. The van der Waals surface area contributed by atoms with Gasteiger partial charge in [0.1, 0.15) is 11.5 Å². The van der Waals surface area contributed by atoms with Crippen molar-refractivity contribution in [2.45, 2.75) is 6.54 Å². The number of ether oxygens (including phenoxy) is 2. The zero-order valence-corrected chi connectivity index (χ0v) is 17.6. The molecule has 3 rings (SSSR count). The van der Waals surface area contributed by atoms with Gasteiger partial charge >= 0.3 is 0 Å². The quantitative estimate of drug-likeness (QED) is 0.589.